The van der Waals surface area contributed by atoms with Gasteiger partial charge in [-0.05, 0) is 31.2 Å². The van der Waals surface area contributed by atoms with Gasteiger partial charge in [0.2, 0.25) is 5.91 Å². The van der Waals surface area contributed by atoms with Gasteiger partial charge in [-0.3, -0.25) is 4.79 Å². The molecule has 0 heterocycles. The number of amides is 1. The van der Waals surface area contributed by atoms with E-state index in [9.17, 15) is 4.79 Å². The van der Waals surface area contributed by atoms with Crippen LogP contribution in [0.4, 0.5) is 0 Å². The highest BCUT2D eigenvalue weighted by atomic mass is 35.5. The van der Waals surface area contributed by atoms with Crippen LogP contribution >= 0.6 is 12.4 Å². The minimum atomic E-state index is -0.936. The van der Waals surface area contributed by atoms with Crippen molar-refractivity contribution in [2.75, 3.05) is 13.6 Å². The molecule has 2 rings (SSSR count). The monoisotopic (exact) mass is 296 g/mol. The summed E-state index contributed by atoms with van der Waals surface area (Å²) in [5.74, 6) is 0.658. The number of benzene rings is 1. The van der Waals surface area contributed by atoms with E-state index in [1.54, 1.807) is 6.92 Å². The Hall–Kier alpha value is -1.06. The fourth-order valence-corrected chi connectivity index (χ4v) is 2.97. The predicted octanol–water partition coefficient (Wildman–Crippen LogP) is 2.93. The van der Waals surface area contributed by atoms with Gasteiger partial charge in [-0.2, -0.15) is 0 Å². The van der Waals surface area contributed by atoms with E-state index >= 15 is 0 Å². The SMILES string of the molecule is CN(CC1CCCC1)C(=O)C(C)(N)c1ccccc1.Cl. The number of carbonyl (C=O) groups excluding carboxylic acids is 1. The van der Waals surface area contributed by atoms with Gasteiger partial charge in [-0.1, -0.05) is 43.2 Å². The minimum absolute atomic E-state index is 0. The smallest absolute Gasteiger partial charge is 0.246 e. The quantitative estimate of drug-likeness (QED) is 0.928. The molecule has 1 aromatic rings. The average molecular weight is 297 g/mol. The molecule has 3 nitrogen and oxygen atoms in total. The second-order valence-electron chi connectivity index (χ2n) is 5.90. The number of carbonyl (C=O) groups is 1. The zero-order valence-electron chi connectivity index (χ0n) is 12.3. The maximum atomic E-state index is 12.6. The lowest BCUT2D eigenvalue weighted by molar-refractivity contribution is -0.136. The number of hydrogen-bond donors (Lipinski definition) is 1. The van der Waals surface area contributed by atoms with E-state index in [1.165, 1.54) is 25.7 Å². The van der Waals surface area contributed by atoms with E-state index in [0.29, 0.717) is 5.92 Å². The highest BCUT2D eigenvalue weighted by molar-refractivity contribution is 5.86. The highest BCUT2D eigenvalue weighted by Gasteiger charge is 2.33. The maximum absolute atomic E-state index is 12.6. The maximum Gasteiger partial charge on any atom is 0.246 e. The van der Waals surface area contributed by atoms with Crippen LogP contribution in [0.25, 0.3) is 0 Å². The van der Waals surface area contributed by atoms with Crippen LogP contribution in [-0.4, -0.2) is 24.4 Å². The van der Waals surface area contributed by atoms with Gasteiger partial charge in [-0.15, -0.1) is 12.4 Å². The van der Waals surface area contributed by atoms with E-state index in [4.69, 9.17) is 5.73 Å². The van der Waals surface area contributed by atoms with Crippen LogP contribution in [0.3, 0.4) is 0 Å². The molecular weight excluding hydrogens is 272 g/mol. The average Bonchev–Trinajstić information content (AvgIpc) is 2.91. The largest absolute Gasteiger partial charge is 0.344 e. The van der Waals surface area contributed by atoms with Crippen LogP contribution in [-0.2, 0) is 10.3 Å². The summed E-state index contributed by atoms with van der Waals surface area (Å²) in [6.45, 7) is 2.63. The molecule has 2 N–H and O–H groups in total. The number of halogens is 1. The summed E-state index contributed by atoms with van der Waals surface area (Å²) < 4.78 is 0. The molecule has 1 aromatic carbocycles. The van der Waals surface area contributed by atoms with Crippen molar-refractivity contribution in [1.82, 2.24) is 4.90 Å². The minimum Gasteiger partial charge on any atom is -0.344 e. The molecule has 1 unspecified atom stereocenters. The van der Waals surface area contributed by atoms with Gasteiger partial charge in [0, 0.05) is 13.6 Å². The highest BCUT2D eigenvalue weighted by Crippen LogP contribution is 2.27. The van der Waals surface area contributed by atoms with Crippen molar-refractivity contribution in [3.63, 3.8) is 0 Å². The predicted molar refractivity (Wildman–Crippen MR) is 84.8 cm³/mol. The molecule has 1 saturated carbocycles. The number of hydrogen-bond acceptors (Lipinski definition) is 2. The Morgan fingerprint density at radius 3 is 2.40 bits per heavy atom. The van der Waals surface area contributed by atoms with E-state index < -0.39 is 5.54 Å². The molecular formula is C16H25ClN2O. The summed E-state index contributed by atoms with van der Waals surface area (Å²) in [7, 11) is 1.87. The number of nitrogens with two attached hydrogens (primary N) is 1. The van der Waals surface area contributed by atoms with Crippen LogP contribution in [0.1, 0.15) is 38.2 Å². The van der Waals surface area contributed by atoms with Gasteiger partial charge < -0.3 is 10.6 Å². The second kappa shape index (κ2) is 7.09. The molecule has 0 radical (unpaired) electrons. The standard InChI is InChI=1S/C16H24N2O.ClH/c1-16(17,14-10-4-3-5-11-14)15(19)18(2)12-13-8-6-7-9-13;/h3-5,10-11,13H,6-9,12,17H2,1-2H3;1H. The summed E-state index contributed by atoms with van der Waals surface area (Å²) in [5, 5.41) is 0. The molecule has 0 saturated heterocycles. The van der Waals surface area contributed by atoms with Crippen molar-refractivity contribution in [3.05, 3.63) is 35.9 Å². The fourth-order valence-electron chi connectivity index (χ4n) is 2.97. The van der Waals surface area contributed by atoms with E-state index in [0.717, 1.165) is 12.1 Å². The summed E-state index contributed by atoms with van der Waals surface area (Å²) >= 11 is 0. The lowest BCUT2D eigenvalue weighted by Crippen LogP contribution is -2.50. The Labute approximate surface area is 127 Å². The lowest BCUT2D eigenvalue weighted by atomic mass is 9.91. The number of rotatable bonds is 4. The van der Waals surface area contributed by atoms with E-state index in [1.807, 2.05) is 42.3 Å². The van der Waals surface area contributed by atoms with E-state index in [-0.39, 0.29) is 18.3 Å². The first kappa shape index (κ1) is 17.0. The normalized spacial score (nSPS) is 18.1. The Bertz CT molecular complexity index is 427. The van der Waals surface area contributed by atoms with Crippen molar-refractivity contribution in [2.24, 2.45) is 11.7 Å². The third-order valence-corrected chi connectivity index (χ3v) is 4.17. The molecule has 0 aliphatic heterocycles. The van der Waals surface area contributed by atoms with Gasteiger partial charge in [0.05, 0.1) is 0 Å². The van der Waals surface area contributed by atoms with Gasteiger partial charge in [0.1, 0.15) is 5.54 Å². The molecule has 112 valence electrons. The molecule has 1 fully saturated rings. The van der Waals surface area contributed by atoms with Gasteiger partial charge in [0.25, 0.3) is 0 Å². The molecule has 1 aliphatic carbocycles. The molecule has 1 amide bonds. The summed E-state index contributed by atoms with van der Waals surface area (Å²) in [6.07, 6.45) is 5.07. The first-order chi connectivity index (χ1) is 9.01. The van der Waals surface area contributed by atoms with Crippen LogP contribution < -0.4 is 5.73 Å². The third-order valence-electron chi connectivity index (χ3n) is 4.17. The van der Waals surface area contributed by atoms with Crippen LogP contribution in [0.15, 0.2) is 30.3 Å². The zero-order chi connectivity index (χ0) is 13.9. The molecule has 20 heavy (non-hydrogen) atoms. The Balaban J connectivity index is 0.00000200. The summed E-state index contributed by atoms with van der Waals surface area (Å²) in [5.41, 5.74) is 6.20. The Kier molecular flexibility index (Phi) is 6.03. The third kappa shape index (κ3) is 3.74. The first-order valence-electron chi connectivity index (χ1n) is 7.12. The van der Waals surface area contributed by atoms with Crippen LogP contribution in [0.2, 0.25) is 0 Å². The van der Waals surface area contributed by atoms with E-state index in [2.05, 4.69) is 0 Å². The Morgan fingerprint density at radius 2 is 1.85 bits per heavy atom. The summed E-state index contributed by atoms with van der Waals surface area (Å²) in [6, 6.07) is 9.62. The summed E-state index contributed by atoms with van der Waals surface area (Å²) in [4.78, 5) is 14.4. The molecule has 0 spiro atoms. The molecule has 0 aromatic heterocycles. The van der Waals surface area contributed by atoms with Crippen molar-refractivity contribution in [1.29, 1.82) is 0 Å². The van der Waals surface area contributed by atoms with Crippen molar-refractivity contribution in [3.8, 4) is 0 Å². The number of nitrogens with zero attached hydrogens (tertiary/aromatic N) is 1. The topological polar surface area (TPSA) is 46.3 Å². The van der Waals surface area contributed by atoms with Gasteiger partial charge in [0.15, 0.2) is 0 Å². The van der Waals surface area contributed by atoms with Gasteiger partial charge >= 0.3 is 0 Å². The van der Waals surface area contributed by atoms with Crippen molar-refractivity contribution < 1.29 is 4.79 Å². The van der Waals surface area contributed by atoms with Crippen LogP contribution in [0, 0.1) is 5.92 Å². The fraction of sp³-hybridized carbons (Fsp3) is 0.562. The first-order valence-corrected chi connectivity index (χ1v) is 7.12. The van der Waals surface area contributed by atoms with Crippen LogP contribution in [0.5, 0.6) is 0 Å². The molecule has 4 heteroatoms. The molecule has 1 aliphatic rings. The van der Waals surface area contributed by atoms with Crippen molar-refractivity contribution in [2.45, 2.75) is 38.1 Å². The Morgan fingerprint density at radius 1 is 1.30 bits per heavy atom. The molecule has 1 atom stereocenters. The molecule has 0 bridgehead atoms. The van der Waals surface area contributed by atoms with Gasteiger partial charge in [-0.25, -0.2) is 0 Å². The lowest BCUT2D eigenvalue weighted by Gasteiger charge is -2.31. The second-order valence-corrected chi connectivity index (χ2v) is 5.90. The number of likely N-dealkylation sites (N-methyl/N-ethyl adjacent to an activating group) is 1. The van der Waals surface area contributed by atoms with Crippen molar-refractivity contribution >= 4 is 18.3 Å². The zero-order valence-corrected chi connectivity index (χ0v) is 13.2.